The average Bonchev–Trinajstić information content (AvgIpc) is 4.00. The van der Waals surface area contributed by atoms with Crippen LogP contribution in [0.3, 0.4) is 0 Å². The molecule has 0 bridgehead atoms. The third kappa shape index (κ3) is 5.11. The Hall–Kier alpha value is -8.46. The number of hydrogen-bond donors (Lipinski definition) is 0. The second-order valence-electron chi connectivity index (χ2n) is 17.5. The fourth-order valence-electron chi connectivity index (χ4n) is 11.6. The molecule has 0 unspecified atom stereocenters. The van der Waals surface area contributed by atoms with Crippen LogP contribution in [0.15, 0.2) is 241 Å². The third-order valence-electron chi connectivity index (χ3n) is 14.3. The molecule has 2 aliphatic rings. The van der Waals surface area contributed by atoms with Crippen LogP contribution >= 0.6 is 0 Å². The van der Waals surface area contributed by atoms with Gasteiger partial charge in [-0.15, -0.1) is 0 Å². The Labute approximate surface area is 376 Å². The molecule has 0 fully saturated rings. The molecule has 12 aromatic rings. The largest absolute Gasteiger partial charge is 0.456 e. The summed E-state index contributed by atoms with van der Waals surface area (Å²) >= 11 is 0. The zero-order valence-corrected chi connectivity index (χ0v) is 35.4. The van der Waals surface area contributed by atoms with Crippen molar-refractivity contribution in [2.75, 3.05) is 4.90 Å². The minimum atomic E-state index is -0.450. The first-order valence-corrected chi connectivity index (χ1v) is 22.5. The number of fused-ring (bicyclic) bond motifs is 15. The second kappa shape index (κ2) is 13.8. The molecule has 14 rings (SSSR count). The van der Waals surface area contributed by atoms with Gasteiger partial charge in [0.2, 0.25) is 0 Å². The van der Waals surface area contributed by atoms with Gasteiger partial charge in [0.25, 0.3) is 0 Å². The molecule has 0 aliphatic heterocycles. The van der Waals surface area contributed by atoms with E-state index in [4.69, 9.17) is 4.42 Å². The summed E-state index contributed by atoms with van der Waals surface area (Å²) in [5.74, 6) is 0. The lowest BCUT2D eigenvalue weighted by Crippen LogP contribution is -2.26. The molecule has 0 radical (unpaired) electrons. The first-order valence-electron chi connectivity index (χ1n) is 22.5. The van der Waals surface area contributed by atoms with Gasteiger partial charge in [-0.1, -0.05) is 188 Å². The van der Waals surface area contributed by atoms with E-state index in [0.29, 0.717) is 0 Å². The van der Waals surface area contributed by atoms with E-state index in [2.05, 4.69) is 235 Å². The van der Waals surface area contributed by atoms with Crippen LogP contribution in [0.4, 0.5) is 17.1 Å². The van der Waals surface area contributed by atoms with Gasteiger partial charge < -0.3 is 9.32 Å². The minimum Gasteiger partial charge on any atom is -0.456 e. The number of nitrogens with zero attached hydrogens (tertiary/aromatic N) is 1. The molecule has 11 aromatic carbocycles. The standard InChI is InChI=1S/C63H39NO/c1-2-16-45-40(14-1)15-11-22-47(45)50-25-13-23-48-46(21-12-24-49(48)50)41-30-32-42(33-31-41)64(43-35-37-62-56(38-43)55-20-6-10-29-61(55)65-62)44-34-36-54-53-19-5-9-28-59(53)63(60(54)39-44)57-26-7-3-17-51(57)52-18-4-8-27-58(52)63/h1-39H. The smallest absolute Gasteiger partial charge is 0.135 e. The maximum Gasteiger partial charge on any atom is 0.135 e. The molecule has 1 heterocycles. The average molecular weight is 826 g/mol. The Bertz CT molecular complexity index is 3840. The molecule has 2 heteroatoms. The molecular weight excluding hydrogens is 787 g/mol. The summed E-state index contributed by atoms with van der Waals surface area (Å²) in [7, 11) is 0. The van der Waals surface area contributed by atoms with Crippen LogP contribution in [0.2, 0.25) is 0 Å². The Balaban J connectivity index is 0.957. The summed E-state index contributed by atoms with van der Waals surface area (Å²) in [6.07, 6.45) is 0. The Morgan fingerprint density at radius 3 is 1.46 bits per heavy atom. The summed E-state index contributed by atoms with van der Waals surface area (Å²) in [6.45, 7) is 0. The van der Waals surface area contributed by atoms with E-state index in [1.54, 1.807) is 0 Å². The predicted molar refractivity (Wildman–Crippen MR) is 271 cm³/mol. The molecular formula is C63H39NO. The van der Waals surface area contributed by atoms with Gasteiger partial charge >= 0.3 is 0 Å². The molecule has 1 spiro atoms. The first kappa shape index (κ1) is 36.1. The molecule has 0 amide bonds. The molecule has 65 heavy (non-hydrogen) atoms. The summed E-state index contributed by atoms with van der Waals surface area (Å²) in [5.41, 5.74) is 20.0. The molecule has 0 N–H and O–H groups in total. The van der Waals surface area contributed by atoms with E-state index >= 15 is 0 Å². The zero-order valence-electron chi connectivity index (χ0n) is 35.4. The summed E-state index contributed by atoms with van der Waals surface area (Å²) < 4.78 is 6.36. The van der Waals surface area contributed by atoms with E-state index < -0.39 is 5.41 Å². The molecule has 0 saturated carbocycles. The first-order chi connectivity index (χ1) is 32.2. The summed E-state index contributed by atoms with van der Waals surface area (Å²) in [5, 5.41) is 7.21. The van der Waals surface area contributed by atoms with E-state index in [9.17, 15) is 0 Å². The maximum absolute atomic E-state index is 6.36. The van der Waals surface area contributed by atoms with E-state index in [-0.39, 0.29) is 0 Å². The number of anilines is 3. The lowest BCUT2D eigenvalue weighted by molar-refractivity contribution is 0.669. The Morgan fingerprint density at radius 2 is 0.738 bits per heavy atom. The Kier molecular flexibility index (Phi) is 7.64. The normalized spacial score (nSPS) is 13.0. The number of rotatable bonds is 5. The second-order valence-corrected chi connectivity index (χ2v) is 17.5. The van der Waals surface area contributed by atoms with Gasteiger partial charge in [-0.3, -0.25) is 0 Å². The number of benzene rings is 11. The van der Waals surface area contributed by atoms with Crippen molar-refractivity contribution in [3.8, 4) is 44.5 Å². The molecule has 0 saturated heterocycles. The van der Waals surface area contributed by atoms with Crippen LogP contribution in [-0.2, 0) is 5.41 Å². The van der Waals surface area contributed by atoms with Crippen molar-refractivity contribution < 1.29 is 4.42 Å². The van der Waals surface area contributed by atoms with Crippen molar-refractivity contribution in [3.05, 3.63) is 259 Å². The van der Waals surface area contributed by atoms with E-state index in [1.165, 1.54) is 88.3 Å². The lowest BCUT2D eigenvalue weighted by Gasteiger charge is -2.32. The fourth-order valence-corrected chi connectivity index (χ4v) is 11.6. The van der Waals surface area contributed by atoms with E-state index in [0.717, 1.165) is 39.0 Å². The highest BCUT2D eigenvalue weighted by atomic mass is 16.3. The predicted octanol–water partition coefficient (Wildman–Crippen LogP) is 17.0. The van der Waals surface area contributed by atoms with E-state index in [1.807, 2.05) is 6.07 Å². The van der Waals surface area contributed by atoms with Gasteiger partial charge in [0, 0.05) is 27.8 Å². The van der Waals surface area contributed by atoms with Crippen LogP contribution < -0.4 is 4.90 Å². The van der Waals surface area contributed by atoms with Gasteiger partial charge in [-0.2, -0.15) is 0 Å². The van der Waals surface area contributed by atoms with Crippen molar-refractivity contribution in [1.82, 2.24) is 0 Å². The van der Waals surface area contributed by atoms with Gasteiger partial charge in [0.05, 0.1) is 5.41 Å². The monoisotopic (exact) mass is 825 g/mol. The highest BCUT2D eigenvalue weighted by molar-refractivity contribution is 6.10. The molecule has 302 valence electrons. The fraction of sp³-hybridized carbons (Fsp3) is 0.0159. The highest BCUT2D eigenvalue weighted by Crippen LogP contribution is 2.63. The molecule has 2 nitrogen and oxygen atoms in total. The van der Waals surface area contributed by atoms with Gasteiger partial charge in [0.1, 0.15) is 11.2 Å². The SMILES string of the molecule is c1ccc2c(c1)-c1ccccc1C21c2ccccc2-c2ccc(N(c3ccc(-c4cccc5c(-c6cccc7ccccc67)cccc45)cc3)c3ccc4oc5ccccc5c4c3)cc21. The van der Waals surface area contributed by atoms with Crippen molar-refractivity contribution in [3.63, 3.8) is 0 Å². The lowest BCUT2D eigenvalue weighted by atomic mass is 9.70. The van der Waals surface area contributed by atoms with Crippen molar-refractivity contribution in [2.24, 2.45) is 0 Å². The van der Waals surface area contributed by atoms with Gasteiger partial charge in [0.15, 0.2) is 0 Å². The summed E-state index contributed by atoms with van der Waals surface area (Å²) in [6, 6.07) is 87.1. The zero-order chi connectivity index (χ0) is 42.6. The quantitative estimate of drug-likeness (QED) is 0.172. The number of hydrogen-bond acceptors (Lipinski definition) is 2. The molecule has 2 aliphatic carbocycles. The summed E-state index contributed by atoms with van der Waals surface area (Å²) in [4.78, 5) is 2.43. The van der Waals surface area contributed by atoms with Crippen LogP contribution in [0.5, 0.6) is 0 Å². The minimum absolute atomic E-state index is 0.450. The van der Waals surface area contributed by atoms with Gasteiger partial charge in [-0.05, 0) is 137 Å². The van der Waals surface area contributed by atoms with Crippen LogP contribution in [-0.4, -0.2) is 0 Å². The number of furan rings is 1. The van der Waals surface area contributed by atoms with Gasteiger partial charge in [-0.25, -0.2) is 0 Å². The maximum atomic E-state index is 6.36. The van der Waals surface area contributed by atoms with Crippen LogP contribution in [0, 0.1) is 0 Å². The number of para-hydroxylation sites is 1. The van der Waals surface area contributed by atoms with Crippen molar-refractivity contribution in [1.29, 1.82) is 0 Å². The van der Waals surface area contributed by atoms with Crippen molar-refractivity contribution >= 4 is 60.5 Å². The van der Waals surface area contributed by atoms with Crippen molar-refractivity contribution in [2.45, 2.75) is 5.41 Å². The molecule has 0 atom stereocenters. The van der Waals surface area contributed by atoms with Crippen LogP contribution in [0.25, 0.3) is 88.0 Å². The highest BCUT2D eigenvalue weighted by Gasteiger charge is 2.51. The third-order valence-corrected chi connectivity index (χ3v) is 14.3. The van der Waals surface area contributed by atoms with Crippen LogP contribution in [0.1, 0.15) is 22.3 Å². The Morgan fingerprint density at radius 1 is 0.277 bits per heavy atom. The topological polar surface area (TPSA) is 16.4 Å². The molecule has 1 aromatic heterocycles.